The third-order valence-corrected chi connectivity index (χ3v) is 3.91. The summed E-state index contributed by atoms with van der Waals surface area (Å²) in [6.45, 7) is 0. The molecule has 3 heteroatoms. The van der Waals surface area contributed by atoms with Crippen LogP contribution >= 0.6 is 15.9 Å². The van der Waals surface area contributed by atoms with E-state index in [4.69, 9.17) is 4.74 Å². The highest BCUT2D eigenvalue weighted by atomic mass is 79.9. The first-order chi connectivity index (χ1) is 7.25. The maximum absolute atomic E-state index is 11.8. The average molecular weight is 269 g/mol. The van der Waals surface area contributed by atoms with Crippen molar-refractivity contribution < 1.29 is 9.53 Å². The second-order valence-electron chi connectivity index (χ2n) is 3.88. The molecule has 1 aliphatic rings. The second kappa shape index (κ2) is 3.97. The van der Waals surface area contributed by atoms with Gasteiger partial charge in [0.25, 0.3) is 0 Å². The number of hydrogen-bond donors (Lipinski definition) is 0. The highest BCUT2D eigenvalue weighted by Gasteiger charge is 2.61. The third kappa shape index (κ3) is 1.59. The number of esters is 1. The number of ether oxygens (including phenoxy) is 1. The van der Waals surface area contributed by atoms with Gasteiger partial charge in [-0.05, 0) is 17.9 Å². The smallest absolute Gasteiger partial charge is 0.316 e. The lowest BCUT2D eigenvalue weighted by Crippen LogP contribution is -2.24. The Morgan fingerprint density at radius 3 is 2.67 bits per heavy atom. The van der Waals surface area contributed by atoms with Crippen LogP contribution in [0.3, 0.4) is 0 Å². The average Bonchev–Trinajstić information content (AvgIpc) is 3.05. The van der Waals surface area contributed by atoms with Crippen molar-refractivity contribution in [3.8, 4) is 0 Å². The number of hydrogen-bond acceptors (Lipinski definition) is 2. The standard InChI is InChI=1S/C12H13BrO2/c1-15-11(14)12(7-10(12)8-13)9-5-3-2-4-6-9/h2-6,10H,7-8H2,1H3/t10-,12+/m1/s1. The lowest BCUT2D eigenvalue weighted by Gasteiger charge is -2.14. The molecule has 0 radical (unpaired) electrons. The minimum Gasteiger partial charge on any atom is -0.468 e. The van der Waals surface area contributed by atoms with E-state index >= 15 is 0 Å². The predicted octanol–water partition coefficient (Wildman–Crippen LogP) is 2.51. The van der Waals surface area contributed by atoms with Crippen LogP contribution in [0.15, 0.2) is 30.3 Å². The molecule has 0 saturated heterocycles. The molecule has 0 spiro atoms. The number of carbonyl (C=O) groups is 1. The van der Waals surface area contributed by atoms with Crippen LogP contribution in [0.4, 0.5) is 0 Å². The number of rotatable bonds is 3. The quantitative estimate of drug-likeness (QED) is 0.622. The lowest BCUT2D eigenvalue weighted by atomic mass is 9.94. The first-order valence-electron chi connectivity index (χ1n) is 4.95. The molecule has 1 aromatic carbocycles. The van der Waals surface area contributed by atoms with Crippen LogP contribution in [0.2, 0.25) is 0 Å². The zero-order valence-corrected chi connectivity index (χ0v) is 10.2. The van der Waals surface area contributed by atoms with Gasteiger partial charge >= 0.3 is 5.97 Å². The van der Waals surface area contributed by atoms with Gasteiger partial charge in [-0.2, -0.15) is 0 Å². The molecule has 0 N–H and O–H groups in total. The van der Waals surface area contributed by atoms with Crippen LogP contribution in [-0.2, 0) is 14.9 Å². The van der Waals surface area contributed by atoms with E-state index in [9.17, 15) is 4.79 Å². The Bertz CT molecular complexity index is 363. The largest absolute Gasteiger partial charge is 0.468 e. The summed E-state index contributed by atoms with van der Waals surface area (Å²) in [7, 11) is 1.45. The van der Waals surface area contributed by atoms with Gasteiger partial charge in [0.05, 0.1) is 12.5 Å². The Morgan fingerprint density at radius 1 is 1.53 bits per heavy atom. The van der Waals surface area contributed by atoms with E-state index in [2.05, 4.69) is 15.9 Å². The normalized spacial score (nSPS) is 28.5. The molecule has 80 valence electrons. The molecule has 1 aromatic rings. The topological polar surface area (TPSA) is 26.3 Å². The third-order valence-electron chi connectivity index (χ3n) is 3.13. The number of methoxy groups -OCH3 is 1. The number of alkyl halides is 1. The van der Waals surface area contributed by atoms with Gasteiger partial charge < -0.3 is 4.74 Å². The molecular weight excluding hydrogens is 256 g/mol. The Hall–Kier alpha value is -0.830. The summed E-state index contributed by atoms with van der Waals surface area (Å²) in [5.74, 6) is 0.255. The highest BCUT2D eigenvalue weighted by Crippen LogP contribution is 2.55. The summed E-state index contributed by atoms with van der Waals surface area (Å²) < 4.78 is 4.90. The maximum atomic E-state index is 11.8. The molecule has 1 aliphatic carbocycles. The van der Waals surface area contributed by atoms with Crippen molar-refractivity contribution in [1.82, 2.24) is 0 Å². The predicted molar refractivity (Wildman–Crippen MR) is 62.0 cm³/mol. The van der Waals surface area contributed by atoms with E-state index in [-0.39, 0.29) is 11.4 Å². The van der Waals surface area contributed by atoms with Crippen LogP contribution in [0.25, 0.3) is 0 Å². The van der Waals surface area contributed by atoms with Crippen molar-refractivity contribution in [3.63, 3.8) is 0 Å². The fraction of sp³-hybridized carbons (Fsp3) is 0.417. The molecule has 2 atom stereocenters. The zero-order valence-electron chi connectivity index (χ0n) is 8.57. The van der Waals surface area contributed by atoms with E-state index in [1.54, 1.807) is 0 Å². The van der Waals surface area contributed by atoms with Gasteiger partial charge in [-0.3, -0.25) is 4.79 Å². The summed E-state index contributed by atoms with van der Waals surface area (Å²) in [5, 5.41) is 0.844. The Labute approximate surface area is 97.8 Å². The van der Waals surface area contributed by atoms with Crippen LogP contribution in [-0.4, -0.2) is 18.4 Å². The fourth-order valence-corrected chi connectivity index (χ4v) is 2.94. The number of halogens is 1. The van der Waals surface area contributed by atoms with Crippen molar-refractivity contribution >= 4 is 21.9 Å². The van der Waals surface area contributed by atoms with Gasteiger partial charge in [0.15, 0.2) is 0 Å². The summed E-state index contributed by atoms with van der Waals surface area (Å²) >= 11 is 3.44. The van der Waals surface area contributed by atoms with E-state index in [1.807, 2.05) is 30.3 Å². The van der Waals surface area contributed by atoms with Crippen molar-refractivity contribution in [3.05, 3.63) is 35.9 Å². The molecule has 0 bridgehead atoms. The van der Waals surface area contributed by atoms with Crippen molar-refractivity contribution in [1.29, 1.82) is 0 Å². The maximum Gasteiger partial charge on any atom is 0.316 e. The van der Waals surface area contributed by atoms with Crippen molar-refractivity contribution in [2.45, 2.75) is 11.8 Å². The summed E-state index contributed by atoms with van der Waals surface area (Å²) in [5.41, 5.74) is 0.681. The second-order valence-corrected chi connectivity index (χ2v) is 4.53. The van der Waals surface area contributed by atoms with Crippen molar-refractivity contribution in [2.24, 2.45) is 5.92 Å². The van der Waals surface area contributed by atoms with Gasteiger partial charge in [-0.15, -0.1) is 0 Å². The first kappa shape index (κ1) is 10.7. The Balaban J connectivity index is 2.34. The molecule has 2 nitrogen and oxygen atoms in total. The summed E-state index contributed by atoms with van der Waals surface area (Å²) in [6.07, 6.45) is 0.884. The molecule has 0 heterocycles. The number of carbonyl (C=O) groups excluding carboxylic acids is 1. The Kier molecular flexibility index (Phi) is 2.83. The summed E-state index contributed by atoms with van der Waals surface area (Å²) in [6, 6.07) is 9.88. The number of benzene rings is 1. The van der Waals surface area contributed by atoms with Gasteiger partial charge in [-0.1, -0.05) is 46.3 Å². The van der Waals surface area contributed by atoms with Crippen LogP contribution < -0.4 is 0 Å². The van der Waals surface area contributed by atoms with Crippen LogP contribution in [0, 0.1) is 5.92 Å². The molecule has 0 aliphatic heterocycles. The van der Waals surface area contributed by atoms with Gasteiger partial charge in [0.1, 0.15) is 0 Å². The molecule has 0 unspecified atom stereocenters. The monoisotopic (exact) mass is 268 g/mol. The Morgan fingerprint density at radius 2 is 2.20 bits per heavy atom. The SMILES string of the molecule is COC(=O)[C@]1(c2ccccc2)C[C@@H]1CBr. The van der Waals surface area contributed by atoms with E-state index in [0.717, 1.165) is 17.3 Å². The lowest BCUT2D eigenvalue weighted by molar-refractivity contribution is -0.144. The highest BCUT2D eigenvalue weighted by molar-refractivity contribution is 9.09. The zero-order chi connectivity index (χ0) is 10.9. The minimum absolute atomic E-state index is 0.113. The molecular formula is C12H13BrO2. The van der Waals surface area contributed by atoms with Crippen LogP contribution in [0.1, 0.15) is 12.0 Å². The molecule has 1 fully saturated rings. The molecule has 0 amide bonds. The molecule has 15 heavy (non-hydrogen) atoms. The molecule has 2 rings (SSSR count). The molecule has 1 saturated carbocycles. The van der Waals surface area contributed by atoms with Gasteiger partial charge in [0.2, 0.25) is 0 Å². The van der Waals surface area contributed by atoms with E-state index in [1.165, 1.54) is 7.11 Å². The van der Waals surface area contributed by atoms with E-state index in [0.29, 0.717) is 5.92 Å². The minimum atomic E-state index is -0.389. The first-order valence-corrected chi connectivity index (χ1v) is 6.07. The van der Waals surface area contributed by atoms with Gasteiger partial charge in [0, 0.05) is 5.33 Å². The van der Waals surface area contributed by atoms with E-state index < -0.39 is 0 Å². The van der Waals surface area contributed by atoms with Crippen LogP contribution in [0.5, 0.6) is 0 Å². The summed E-state index contributed by atoms with van der Waals surface area (Å²) in [4.78, 5) is 11.8. The van der Waals surface area contributed by atoms with Crippen molar-refractivity contribution in [2.75, 3.05) is 12.4 Å². The fourth-order valence-electron chi connectivity index (χ4n) is 2.16. The van der Waals surface area contributed by atoms with Gasteiger partial charge in [-0.25, -0.2) is 0 Å². The molecule has 0 aromatic heterocycles.